The molecule has 1 aromatic carbocycles. The summed E-state index contributed by atoms with van der Waals surface area (Å²) in [5.74, 6) is 0.523. The number of alkyl halides is 3. The van der Waals surface area contributed by atoms with E-state index in [1.165, 1.54) is 56.9 Å². The van der Waals surface area contributed by atoms with Crippen LogP contribution in [0.25, 0.3) is 0 Å². The van der Waals surface area contributed by atoms with Gasteiger partial charge in [-0.15, -0.1) is 0 Å². The van der Waals surface area contributed by atoms with Gasteiger partial charge in [0.15, 0.2) is 0 Å². The van der Waals surface area contributed by atoms with E-state index < -0.39 is 12.6 Å². The minimum atomic E-state index is -4.08. The summed E-state index contributed by atoms with van der Waals surface area (Å²) in [5.41, 5.74) is 2.04. The lowest BCUT2D eigenvalue weighted by atomic mass is 9.82. The molecule has 4 heteroatoms. The molecule has 0 aliphatic heterocycles. The van der Waals surface area contributed by atoms with Gasteiger partial charge in [0.1, 0.15) is 0 Å². The Bertz CT molecular complexity index is 530. The van der Waals surface area contributed by atoms with Crippen molar-refractivity contribution >= 4 is 0 Å². The Balaban J connectivity index is 1.55. The standard InChI is InChI=1S/C25H39F3O/c1-2-3-4-5-6-7-8-9-20-29-24-16-14-23(15-17-24)22-12-10-21(11-13-22)18-19-25(26,27)28/h10-13,23-24H,2-9,14-20H2,1H3/t23-,24-. The van der Waals surface area contributed by atoms with Gasteiger partial charge in [0, 0.05) is 13.0 Å². The quantitative estimate of drug-likeness (QED) is 0.296. The number of benzene rings is 1. The van der Waals surface area contributed by atoms with Crippen LogP contribution in [0.2, 0.25) is 0 Å². The molecule has 166 valence electrons. The van der Waals surface area contributed by atoms with E-state index in [4.69, 9.17) is 4.74 Å². The molecule has 0 heterocycles. The average molecular weight is 413 g/mol. The van der Waals surface area contributed by atoms with Gasteiger partial charge in [-0.2, -0.15) is 13.2 Å². The normalized spacial score (nSPS) is 20.1. The van der Waals surface area contributed by atoms with Crippen LogP contribution in [-0.4, -0.2) is 18.9 Å². The van der Waals surface area contributed by atoms with E-state index >= 15 is 0 Å². The lowest BCUT2D eigenvalue weighted by Crippen LogP contribution is -2.21. The van der Waals surface area contributed by atoms with Crippen LogP contribution < -0.4 is 0 Å². The molecule has 1 aromatic rings. The van der Waals surface area contributed by atoms with Crippen LogP contribution in [0.15, 0.2) is 24.3 Å². The molecule has 2 rings (SSSR count). The van der Waals surface area contributed by atoms with E-state index in [0.717, 1.165) is 37.9 Å². The molecule has 0 spiro atoms. The van der Waals surface area contributed by atoms with Gasteiger partial charge in [0.2, 0.25) is 0 Å². The highest BCUT2D eigenvalue weighted by Crippen LogP contribution is 2.34. The molecular weight excluding hydrogens is 373 g/mol. The summed E-state index contributed by atoms with van der Waals surface area (Å²) in [4.78, 5) is 0. The first-order valence-corrected chi connectivity index (χ1v) is 11.7. The molecule has 0 unspecified atom stereocenters. The van der Waals surface area contributed by atoms with Gasteiger partial charge in [-0.3, -0.25) is 0 Å². The Morgan fingerprint density at radius 1 is 0.828 bits per heavy atom. The fourth-order valence-electron chi connectivity index (χ4n) is 4.29. The molecule has 1 aliphatic carbocycles. The number of hydrogen-bond acceptors (Lipinski definition) is 1. The van der Waals surface area contributed by atoms with Crippen molar-refractivity contribution in [3.8, 4) is 0 Å². The average Bonchev–Trinajstić information content (AvgIpc) is 2.71. The SMILES string of the molecule is CCCCCCCCCCO[C@H]1CC[C@H](c2ccc(CCC(F)(F)F)cc2)CC1. The zero-order chi connectivity index (χ0) is 21.0. The van der Waals surface area contributed by atoms with Crippen molar-refractivity contribution in [1.29, 1.82) is 0 Å². The number of rotatable bonds is 13. The summed E-state index contributed by atoms with van der Waals surface area (Å²) < 4.78 is 43.1. The Morgan fingerprint density at radius 3 is 2.00 bits per heavy atom. The van der Waals surface area contributed by atoms with Crippen molar-refractivity contribution in [3.63, 3.8) is 0 Å². The summed E-state index contributed by atoms with van der Waals surface area (Å²) in [7, 11) is 0. The van der Waals surface area contributed by atoms with E-state index in [1.54, 1.807) is 0 Å². The molecule has 0 radical (unpaired) electrons. The highest BCUT2D eigenvalue weighted by Gasteiger charge is 2.26. The lowest BCUT2D eigenvalue weighted by molar-refractivity contribution is -0.133. The Morgan fingerprint density at radius 2 is 1.41 bits per heavy atom. The van der Waals surface area contributed by atoms with Gasteiger partial charge in [-0.25, -0.2) is 0 Å². The Labute approximate surface area is 175 Å². The van der Waals surface area contributed by atoms with E-state index in [1.807, 2.05) is 24.3 Å². The monoisotopic (exact) mass is 412 g/mol. The largest absolute Gasteiger partial charge is 0.389 e. The smallest absolute Gasteiger partial charge is 0.378 e. The molecule has 0 N–H and O–H groups in total. The van der Waals surface area contributed by atoms with Gasteiger partial charge in [0.25, 0.3) is 0 Å². The van der Waals surface area contributed by atoms with Gasteiger partial charge < -0.3 is 4.74 Å². The maximum atomic E-state index is 12.3. The van der Waals surface area contributed by atoms with Crippen LogP contribution in [0.4, 0.5) is 13.2 Å². The molecule has 0 bridgehead atoms. The van der Waals surface area contributed by atoms with Crippen LogP contribution in [0.3, 0.4) is 0 Å². The van der Waals surface area contributed by atoms with Crippen molar-refractivity contribution in [2.75, 3.05) is 6.61 Å². The highest BCUT2D eigenvalue weighted by atomic mass is 19.4. The Kier molecular flexibility index (Phi) is 11.1. The predicted octanol–water partition coefficient (Wildman–Crippen LogP) is 8.37. The van der Waals surface area contributed by atoms with E-state index in [9.17, 15) is 13.2 Å². The van der Waals surface area contributed by atoms with Crippen molar-refractivity contribution in [3.05, 3.63) is 35.4 Å². The fraction of sp³-hybridized carbons (Fsp3) is 0.760. The third-order valence-electron chi connectivity index (χ3n) is 6.17. The summed E-state index contributed by atoms with van der Waals surface area (Å²) in [6.07, 6.45) is 10.6. The molecule has 1 aliphatic rings. The summed E-state index contributed by atoms with van der Waals surface area (Å²) in [6, 6.07) is 7.79. The summed E-state index contributed by atoms with van der Waals surface area (Å²) in [5, 5.41) is 0. The maximum absolute atomic E-state index is 12.3. The number of halogens is 3. The second-order valence-electron chi connectivity index (χ2n) is 8.68. The van der Waals surface area contributed by atoms with Crippen LogP contribution in [-0.2, 0) is 11.2 Å². The van der Waals surface area contributed by atoms with Gasteiger partial charge in [-0.1, -0.05) is 76.1 Å². The van der Waals surface area contributed by atoms with Gasteiger partial charge >= 0.3 is 6.18 Å². The van der Waals surface area contributed by atoms with E-state index in [2.05, 4.69) is 6.92 Å². The molecule has 1 nitrogen and oxygen atoms in total. The summed E-state index contributed by atoms with van der Waals surface area (Å²) in [6.45, 7) is 3.14. The first-order valence-electron chi connectivity index (χ1n) is 11.7. The van der Waals surface area contributed by atoms with Crippen LogP contribution in [0, 0.1) is 0 Å². The second kappa shape index (κ2) is 13.3. The van der Waals surface area contributed by atoms with E-state index in [0.29, 0.717) is 12.0 Å². The topological polar surface area (TPSA) is 9.23 Å². The number of unbranched alkanes of at least 4 members (excludes halogenated alkanes) is 7. The Hall–Kier alpha value is -1.03. The molecule has 0 amide bonds. The van der Waals surface area contributed by atoms with Crippen molar-refractivity contribution in [1.82, 2.24) is 0 Å². The molecule has 29 heavy (non-hydrogen) atoms. The third-order valence-corrected chi connectivity index (χ3v) is 6.17. The molecule has 1 saturated carbocycles. The first kappa shape index (κ1) is 24.2. The maximum Gasteiger partial charge on any atom is 0.389 e. The van der Waals surface area contributed by atoms with Crippen LogP contribution >= 0.6 is 0 Å². The zero-order valence-corrected chi connectivity index (χ0v) is 18.1. The van der Waals surface area contributed by atoms with Crippen LogP contribution in [0.5, 0.6) is 0 Å². The number of ether oxygens (including phenoxy) is 1. The fourth-order valence-corrected chi connectivity index (χ4v) is 4.29. The predicted molar refractivity (Wildman–Crippen MR) is 114 cm³/mol. The van der Waals surface area contributed by atoms with Crippen LogP contribution in [0.1, 0.15) is 107 Å². The van der Waals surface area contributed by atoms with Crippen molar-refractivity contribution in [2.45, 2.75) is 115 Å². The molecule has 0 aromatic heterocycles. The molecule has 0 atom stereocenters. The van der Waals surface area contributed by atoms with E-state index in [-0.39, 0.29) is 6.42 Å². The first-order chi connectivity index (χ1) is 14.0. The number of hydrogen-bond donors (Lipinski definition) is 0. The van der Waals surface area contributed by atoms with Gasteiger partial charge in [-0.05, 0) is 55.6 Å². The minimum absolute atomic E-state index is 0.0725. The molecule has 1 fully saturated rings. The lowest BCUT2D eigenvalue weighted by Gasteiger charge is -2.29. The number of aryl methyl sites for hydroxylation is 1. The minimum Gasteiger partial charge on any atom is -0.378 e. The molecule has 0 saturated heterocycles. The van der Waals surface area contributed by atoms with Gasteiger partial charge in [0.05, 0.1) is 6.10 Å². The third kappa shape index (κ3) is 10.5. The molecular formula is C25H39F3O. The summed E-state index contributed by atoms with van der Waals surface area (Å²) >= 11 is 0. The second-order valence-corrected chi connectivity index (χ2v) is 8.68. The highest BCUT2D eigenvalue weighted by molar-refractivity contribution is 5.26. The van der Waals surface area contributed by atoms with Crippen molar-refractivity contribution in [2.24, 2.45) is 0 Å². The van der Waals surface area contributed by atoms with Crippen molar-refractivity contribution < 1.29 is 17.9 Å². The zero-order valence-electron chi connectivity index (χ0n) is 18.1.